The summed E-state index contributed by atoms with van der Waals surface area (Å²) in [5, 5.41) is 8.38. The Kier molecular flexibility index (Phi) is 3.56. The van der Waals surface area contributed by atoms with Crippen LogP contribution in [-0.2, 0) is 4.79 Å². The average molecular weight is 235 g/mol. The fourth-order valence-electron chi connectivity index (χ4n) is 1.07. The Hall–Kier alpha value is -1.53. The molecule has 7 heteroatoms. The van der Waals surface area contributed by atoms with Crippen molar-refractivity contribution in [3.8, 4) is 0 Å². The second-order valence-electron chi connectivity index (χ2n) is 3.70. The smallest absolute Gasteiger partial charge is 0.309 e. The summed E-state index contributed by atoms with van der Waals surface area (Å²) in [6.45, 7) is 3.80. The molecule has 1 aromatic rings. The molecule has 0 aliphatic carbocycles. The van der Waals surface area contributed by atoms with Crippen LogP contribution in [0, 0.1) is 0 Å². The Morgan fingerprint density at radius 3 is 2.62 bits per heavy atom. The molecule has 16 heavy (non-hydrogen) atoms. The summed E-state index contributed by atoms with van der Waals surface area (Å²) in [7, 11) is 0. The lowest BCUT2D eigenvalue weighted by Crippen LogP contribution is -2.21. The van der Waals surface area contributed by atoms with Gasteiger partial charge in [0.1, 0.15) is 6.42 Å². The Labute approximate surface area is 90.2 Å². The van der Waals surface area contributed by atoms with Crippen LogP contribution in [-0.4, -0.2) is 22.3 Å². The van der Waals surface area contributed by atoms with E-state index in [0.717, 1.165) is 5.69 Å². The van der Waals surface area contributed by atoms with E-state index < -0.39 is 18.5 Å². The van der Waals surface area contributed by atoms with Gasteiger partial charge >= 0.3 is 6.18 Å². The summed E-state index contributed by atoms with van der Waals surface area (Å²) in [6, 6.07) is 1.51. The normalized spacial score (nSPS) is 11.9. The quantitative estimate of drug-likeness (QED) is 0.845. The molecule has 1 heterocycles. The molecule has 0 aromatic carbocycles. The van der Waals surface area contributed by atoms with Gasteiger partial charge in [-0.15, -0.1) is 0 Å². The molecule has 2 N–H and O–H groups in total. The molecule has 0 saturated heterocycles. The molecule has 0 atom stereocenters. The van der Waals surface area contributed by atoms with Crippen LogP contribution in [0.15, 0.2) is 6.07 Å². The first-order valence-corrected chi connectivity index (χ1v) is 4.70. The Bertz CT molecular complexity index is 370. The number of alkyl halides is 3. The van der Waals surface area contributed by atoms with Crippen molar-refractivity contribution in [3.63, 3.8) is 0 Å². The first-order chi connectivity index (χ1) is 7.28. The van der Waals surface area contributed by atoms with Crippen LogP contribution >= 0.6 is 0 Å². The minimum atomic E-state index is -4.50. The van der Waals surface area contributed by atoms with E-state index in [0.29, 0.717) is 0 Å². The highest BCUT2D eigenvalue weighted by atomic mass is 19.4. The first-order valence-electron chi connectivity index (χ1n) is 4.70. The maximum absolute atomic E-state index is 11.9. The van der Waals surface area contributed by atoms with Crippen molar-refractivity contribution >= 4 is 11.7 Å². The summed E-state index contributed by atoms with van der Waals surface area (Å²) in [6.07, 6.45) is -6.00. The zero-order valence-electron chi connectivity index (χ0n) is 8.85. The van der Waals surface area contributed by atoms with Crippen molar-refractivity contribution in [2.45, 2.75) is 32.4 Å². The summed E-state index contributed by atoms with van der Waals surface area (Å²) in [4.78, 5) is 10.9. The molecule has 1 rings (SSSR count). The third kappa shape index (κ3) is 3.92. The number of nitrogens with zero attached hydrogens (tertiary/aromatic N) is 1. The van der Waals surface area contributed by atoms with Gasteiger partial charge in [0.2, 0.25) is 5.91 Å². The average Bonchev–Trinajstić information content (AvgIpc) is 2.48. The van der Waals surface area contributed by atoms with Gasteiger partial charge in [0.15, 0.2) is 5.82 Å². The number of rotatable bonds is 3. The van der Waals surface area contributed by atoms with Crippen LogP contribution in [0.4, 0.5) is 19.0 Å². The van der Waals surface area contributed by atoms with Crippen molar-refractivity contribution in [2.24, 2.45) is 0 Å². The number of aromatic nitrogens is 2. The highest BCUT2D eigenvalue weighted by Crippen LogP contribution is 2.20. The van der Waals surface area contributed by atoms with Gasteiger partial charge in [0.25, 0.3) is 0 Å². The first kappa shape index (κ1) is 12.5. The Morgan fingerprint density at radius 2 is 2.19 bits per heavy atom. The van der Waals surface area contributed by atoms with Crippen LogP contribution in [0.1, 0.15) is 31.9 Å². The number of hydrogen-bond donors (Lipinski definition) is 2. The molecule has 90 valence electrons. The van der Waals surface area contributed by atoms with Gasteiger partial charge < -0.3 is 5.32 Å². The monoisotopic (exact) mass is 235 g/mol. The van der Waals surface area contributed by atoms with Crippen molar-refractivity contribution in [2.75, 3.05) is 5.32 Å². The van der Waals surface area contributed by atoms with Crippen molar-refractivity contribution in [1.29, 1.82) is 0 Å². The minimum absolute atomic E-state index is 0.109. The lowest BCUT2D eigenvalue weighted by molar-refractivity contribution is -0.150. The van der Waals surface area contributed by atoms with E-state index in [1.54, 1.807) is 0 Å². The van der Waals surface area contributed by atoms with Crippen LogP contribution < -0.4 is 5.32 Å². The van der Waals surface area contributed by atoms with Crippen LogP contribution in [0.2, 0.25) is 0 Å². The molecule has 1 aromatic heterocycles. The fraction of sp³-hybridized carbons (Fsp3) is 0.556. The molecule has 1 amide bonds. The van der Waals surface area contributed by atoms with E-state index in [4.69, 9.17) is 0 Å². The Morgan fingerprint density at radius 1 is 1.56 bits per heavy atom. The topological polar surface area (TPSA) is 57.8 Å². The number of amides is 1. The van der Waals surface area contributed by atoms with Gasteiger partial charge in [0, 0.05) is 11.8 Å². The SMILES string of the molecule is CC(C)c1cc(NC(=O)CC(F)(F)F)n[nH]1. The lowest BCUT2D eigenvalue weighted by Gasteiger charge is -2.04. The van der Waals surface area contributed by atoms with E-state index in [1.807, 2.05) is 13.8 Å². The van der Waals surface area contributed by atoms with E-state index in [1.165, 1.54) is 6.07 Å². The second-order valence-corrected chi connectivity index (χ2v) is 3.70. The van der Waals surface area contributed by atoms with Crippen LogP contribution in [0.25, 0.3) is 0 Å². The van der Waals surface area contributed by atoms with Crippen LogP contribution in [0.3, 0.4) is 0 Å². The molecule has 0 aliphatic rings. The Balaban J connectivity index is 2.57. The molecule has 0 radical (unpaired) electrons. The van der Waals surface area contributed by atoms with E-state index in [9.17, 15) is 18.0 Å². The number of nitrogens with one attached hydrogen (secondary N) is 2. The molecule has 0 unspecified atom stereocenters. The molecular weight excluding hydrogens is 223 g/mol. The third-order valence-corrected chi connectivity index (χ3v) is 1.85. The number of aromatic amines is 1. The highest BCUT2D eigenvalue weighted by molar-refractivity contribution is 5.90. The number of anilines is 1. The van der Waals surface area contributed by atoms with Crippen molar-refractivity contribution in [3.05, 3.63) is 11.8 Å². The molecule has 0 bridgehead atoms. The number of carbonyl (C=O) groups excluding carboxylic acids is 1. The van der Waals surface area contributed by atoms with Gasteiger partial charge in [0.05, 0.1) is 0 Å². The maximum atomic E-state index is 11.9. The van der Waals surface area contributed by atoms with Gasteiger partial charge in [-0.1, -0.05) is 13.8 Å². The molecule has 0 aliphatic heterocycles. The summed E-state index contributed by atoms with van der Waals surface area (Å²) >= 11 is 0. The molecular formula is C9H12F3N3O. The number of carbonyl (C=O) groups is 1. The van der Waals surface area contributed by atoms with Gasteiger partial charge in [-0.05, 0) is 5.92 Å². The zero-order valence-corrected chi connectivity index (χ0v) is 8.85. The predicted octanol–water partition coefficient (Wildman–Crippen LogP) is 2.42. The fourth-order valence-corrected chi connectivity index (χ4v) is 1.07. The molecule has 0 spiro atoms. The summed E-state index contributed by atoms with van der Waals surface area (Å²) in [5.74, 6) is -0.840. The standard InChI is InChI=1S/C9H12F3N3O/c1-5(2)6-3-7(15-14-6)13-8(16)4-9(10,11)12/h3,5H,4H2,1-2H3,(H2,13,14,15,16). The third-order valence-electron chi connectivity index (χ3n) is 1.85. The molecule has 4 nitrogen and oxygen atoms in total. The van der Waals surface area contributed by atoms with Crippen molar-refractivity contribution in [1.82, 2.24) is 10.2 Å². The number of halogens is 3. The van der Waals surface area contributed by atoms with Crippen LogP contribution in [0.5, 0.6) is 0 Å². The molecule has 0 fully saturated rings. The zero-order chi connectivity index (χ0) is 12.3. The number of hydrogen-bond acceptors (Lipinski definition) is 2. The van der Waals surface area contributed by atoms with E-state index in [2.05, 4.69) is 15.5 Å². The van der Waals surface area contributed by atoms with Gasteiger partial charge in [-0.3, -0.25) is 9.89 Å². The highest BCUT2D eigenvalue weighted by Gasteiger charge is 2.31. The maximum Gasteiger partial charge on any atom is 0.397 e. The lowest BCUT2D eigenvalue weighted by atomic mass is 10.1. The van der Waals surface area contributed by atoms with E-state index in [-0.39, 0.29) is 11.7 Å². The van der Waals surface area contributed by atoms with E-state index >= 15 is 0 Å². The largest absolute Gasteiger partial charge is 0.397 e. The van der Waals surface area contributed by atoms with Crippen molar-refractivity contribution < 1.29 is 18.0 Å². The predicted molar refractivity (Wildman–Crippen MR) is 52.0 cm³/mol. The van der Waals surface area contributed by atoms with Gasteiger partial charge in [-0.25, -0.2) is 0 Å². The summed E-state index contributed by atoms with van der Waals surface area (Å²) in [5.41, 5.74) is 0.752. The molecule has 0 saturated carbocycles. The number of H-pyrrole nitrogens is 1. The minimum Gasteiger partial charge on any atom is -0.309 e. The summed E-state index contributed by atoms with van der Waals surface area (Å²) < 4.78 is 35.6. The second kappa shape index (κ2) is 4.54. The van der Waals surface area contributed by atoms with Gasteiger partial charge in [-0.2, -0.15) is 18.3 Å².